The average molecular weight is 363 g/mol. The molecule has 0 amide bonds. The topological polar surface area (TPSA) is 154 Å². The maximum Gasteiger partial charge on any atom is 0.351 e. The molecule has 138 valence electrons. The van der Waals surface area contributed by atoms with Crippen LogP contribution in [0.2, 0.25) is 0 Å². The zero-order valence-electron chi connectivity index (χ0n) is 12.7. The van der Waals surface area contributed by atoms with Crippen LogP contribution >= 0.6 is 0 Å². The third kappa shape index (κ3) is 4.09. The van der Waals surface area contributed by atoms with Gasteiger partial charge in [0.2, 0.25) is 6.23 Å². The van der Waals surface area contributed by atoms with E-state index in [9.17, 15) is 28.3 Å². The van der Waals surface area contributed by atoms with Crippen LogP contribution in [0.3, 0.4) is 0 Å². The third-order valence-corrected chi connectivity index (χ3v) is 3.44. The van der Waals surface area contributed by atoms with E-state index in [1.165, 1.54) is 0 Å². The quantitative estimate of drug-likeness (QED) is 0.547. The fourth-order valence-corrected chi connectivity index (χ4v) is 2.17. The largest absolute Gasteiger partial charge is 0.481 e. The summed E-state index contributed by atoms with van der Waals surface area (Å²) in [4.78, 5) is 36.6. The maximum absolute atomic E-state index is 14.2. The number of alkyl halides is 2. The van der Waals surface area contributed by atoms with E-state index < -0.39 is 61.4 Å². The number of aromatic nitrogens is 2. The van der Waals surface area contributed by atoms with E-state index in [2.05, 4.69) is 9.72 Å². The third-order valence-electron chi connectivity index (χ3n) is 3.44. The van der Waals surface area contributed by atoms with Crippen LogP contribution < -0.4 is 11.4 Å². The van der Waals surface area contributed by atoms with Gasteiger partial charge in [-0.2, -0.15) is 13.8 Å². The van der Waals surface area contributed by atoms with Crippen LogP contribution in [0.4, 0.5) is 14.6 Å². The molecule has 10 nitrogen and oxygen atoms in total. The Balaban J connectivity index is 2.07. The SMILES string of the molecule is Nc1ccn([C@@H]2O[C@H](COC(=O)CCC(=O)O)C(O)C2(F)F)c(=O)n1. The van der Waals surface area contributed by atoms with Gasteiger partial charge in [0.1, 0.15) is 18.5 Å². The van der Waals surface area contributed by atoms with Crippen LogP contribution in [0.1, 0.15) is 19.1 Å². The van der Waals surface area contributed by atoms with E-state index in [0.717, 1.165) is 12.3 Å². The van der Waals surface area contributed by atoms with E-state index in [-0.39, 0.29) is 5.82 Å². The highest BCUT2D eigenvalue weighted by Gasteiger charge is 2.60. The van der Waals surface area contributed by atoms with Crippen molar-refractivity contribution in [3.8, 4) is 0 Å². The van der Waals surface area contributed by atoms with E-state index >= 15 is 0 Å². The highest BCUT2D eigenvalue weighted by Crippen LogP contribution is 2.42. The zero-order valence-corrected chi connectivity index (χ0v) is 12.7. The Morgan fingerprint density at radius 2 is 2.12 bits per heavy atom. The number of carboxylic acids is 1. The van der Waals surface area contributed by atoms with E-state index in [4.69, 9.17) is 15.6 Å². The van der Waals surface area contributed by atoms with Crippen molar-refractivity contribution >= 4 is 17.8 Å². The molecule has 2 heterocycles. The first-order valence-corrected chi connectivity index (χ1v) is 7.06. The summed E-state index contributed by atoms with van der Waals surface area (Å²) in [5.41, 5.74) is 4.18. The van der Waals surface area contributed by atoms with Gasteiger partial charge in [-0.3, -0.25) is 14.2 Å². The minimum absolute atomic E-state index is 0.174. The van der Waals surface area contributed by atoms with Crippen molar-refractivity contribution in [2.24, 2.45) is 0 Å². The van der Waals surface area contributed by atoms with Gasteiger partial charge in [0, 0.05) is 6.20 Å². The first-order valence-electron chi connectivity index (χ1n) is 7.06. The highest BCUT2D eigenvalue weighted by atomic mass is 19.3. The Morgan fingerprint density at radius 3 is 2.72 bits per heavy atom. The van der Waals surface area contributed by atoms with Gasteiger partial charge < -0.3 is 25.4 Å². The lowest BCUT2D eigenvalue weighted by Crippen LogP contribution is -2.42. The van der Waals surface area contributed by atoms with Crippen molar-refractivity contribution in [1.29, 1.82) is 0 Å². The number of esters is 1. The van der Waals surface area contributed by atoms with Gasteiger partial charge in [-0.05, 0) is 6.07 Å². The molecule has 25 heavy (non-hydrogen) atoms. The molecular weight excluding hydrogens is 348 g/mol. The fraction of sp³-hybridized carbons (Fsp3) is 0.538. The molecule has 0 aromatic carbocycles. The van der Waals surface area contributed by atoms with Crippen LogP contribution in [0.25, 0.3) is 0 Å². The number of anilines is 1. The van der Waals surface area contributed by atoms with E-state index in [1.807, 2.05) is 0 Å². The molecule has 3 atom stereocenters. The Bertz CT molecular complexity index is 724. The Hall–Kier alpha value is -2.60. The number of aliphatic hydroxyl groups excluding tert-OH is 1. The molecule has 2 rings (SSSR count). The highest BCUT2D eigenvalue weighted by molar-refractivity contribution is 5.76. The molecular formula is C13H15F2N3O7. The predicted molar refractivity (Wildman–Crippen MR) is 75.6 cm³/mol. The van der Waals surface area contributed by atoms with Gasteiger partial charge in [-0.1, -0.05) is 0 Å². The average Bonchev–Trinajstić information content (AvgIpc) is 2.74. The standard InChI is InChI=1S/C13H15F2N3O7/c14-13(15)10(22)6(5-24-9(21)2-1-8(19)20)25-11(13)18-4-3-7(16)17-12(18)23/h3-4,6,10-11,22H,1-2,5H2,(H,19,20)(H2,16,17,23)/t6-,10?,11-/m1/s1. The van der Waals surface area contributed by atoms with Crippen molar-refractivity contribution in [3.63, 3.8) is 0 Å². The molecule has 12 heteroatoms. The Morgan fingerprint density at radius 1 is 1.44 bits per heavy atom. The lowest BCUT2D eigenvalue weighted by Gasteiger charge is -2.20. The van der Waals surface area contributed by atoms with E-state index in [0.29, 0.717) is 4.57 Å². The number of aliphatic hydroxyl groups is 1. The first kappa shape index (κ1) is 18.7. The van der Waals surface area contributed by atoms with Crippen molar-refractivity contribution in [2.75, 3.05) is 12.3 Å². The first-order chi connectivity index (χ1) is 11.6. The molecule has 0 radical (unpaired) electrons. The van der Waals surface area contributed by atoms with Crippen molar-refractivity contribution in [2.45, 2.75) is 37.2 Å². The summed E-state index contributed by atoms with van der Waals surface area (Å²) in [5, 5.41) is 18.1. The Labute approximate surface area is 138 Å². The van der Waals surface area contributed by atoms with Crippen molar-refractivity contribution in [1.82, 2.24) is 9.55 Å². The second-order valence-electron chi connectivity index (χ2n) is 5.27. The number of aliphatic carboxylic acids is 1. The van der Waals surface area contributed by atoms with Crippen molar-refractivity contribution < 1.29 is 38.1 Å². The van der Waals surface area contributed by atoms with Gasteiger partial charge in [0.25, 0.3) is 0 Å². The zero-order chi connectivity index (χ0) is 18.8. The molecule has 0 saturated carbocycles. The number of halogens is 2. The smallest absolute Gasteiger partial charge is 0.351 e. The number of rotatable bonds is 6. The number of hydrogen-bond donors (Lipinski definition) is 3. The second kappa shape index (κ2) is 7.11. The summed E-state index contributed by atoms with van der Waals surface area (Å²) in [7, 11) is 0. The predicted octanol–water partition coefficient (Wildman–Crippen LogP) is -0.873. The summed E-state index contributed by atoms with van der Waals surface area (Å²) in [5.74, 6) is -6.21. The maximum atomic E-state index is 14.2. The minimum atomic E-state index is -3.86. The summed E-state index contributed by atoms with van der Waals surface area (Å²) in [6.45, 7) is -0.733. The van der Waals surface area contributed by atoms with Crippen molar-refractivity contribution in [3.05, 3.63) is 22.7 Å². The number of nitrogens with two attached hydrogens (primary N) is 1. The van der Waals surface area contributed by atoms with Gasteiger partial charge in [0.05, 0.1) is 12.8 Å². The summed E-state index contributed by atoms with van der Waals surface area (Å²) >= 11 is 0. The normalized spacial score (nSPS) is 24.8. The number of carboxylic acid groups (broad SMARTS) is 1. The molecule has 1 aromatic heterocycles. The monoisotopic (exact) mass is 363 g/mol. The van der Waals surface area contributed by atoms with Crippen LogP contribution in [-0.2, 0) is 19.1 Å². The molecule has 0 spiro atoms. The molecule has 1 unspecified atom stereocenters. The lowest BCUT2D eigenvalue weighted by atomic mass is 10.1. The molecule has 0 aliphatic carbocycles. The Kier molecular flexibility index (Phi) is 5.33. The molecule has 0 bridgehead atoms. The van der Waals surface area contributed by atoms with Crippen LogP contribution in [0.15, 0.2) is 17.1 Å². The lowest BCUT2D eigenvalue weighted by molar-refractivity contribution is -0.153. The molecule has 1 aromatic rings. The number of carbonyl (C=O) groups excluding carboxylic acids is 1. The minimum Gasteiger partial charge on any atom is -0.481 e. The number of hydrogen-bond acceptors (Lipinski definition) is 8. The van der Waals surface area contributed by atoms with E-state index in [1.54, 1.807) is 0 Å². The summed E-state index contributed by atoms with van der Waals surface area (Å²) in [6, 6.07) is 1.10. The van der Waals surface area contributed by atoms with Gasteiger partial charge in [-0.25, -0.2) is 4.79 Å². The van der Waals surface area contributed by atoms with Crippen LogP contribution in [0, 0.1) is 0 Å². The number of carbonyl (C=O) groups is 2. The molecule has 1 fully saturated rings. The summed E-state index contributed by atoms with van der Waals surface area (Å²) in [6.07, 6.45) is -6.13. The van der Waals surface area contributed by atoms with Crippen LogP contribution in [-0.4, -0.2) is 56.4 Å². The fourth-order valence-electron chi connectivity index (χ4n) is 2.17. The molecule has 4 N–H and O–H groups in total. The number of ether oxygens (including phenoxy) is 2. The van der Waals surface area contributed by atoms with Gasteiger partial charge in [-0.15, -0.1) is 0 Å². The van der Waals surface area contributed by atoms with Crippen LogP contribution in [0.5, 0.6) is 0 Å². The molecule has 1 saturated heterocycles. The number of nitrogens with zero attached hydrogens (tertiary/aromatic N) is 2. The molecule has 1 aliphatic heterocycles. The van der Waals surface area contributed by atoms with Gasteiger partial charge in [0.15, 0.2) is 6.10 Å². The molecule has 1 aliphatic rings. The summed E-state index contributed by atoms with van der Waals surface area (Å²) < 4.78 is 38.4. The second-order valence-corrected chi connectivity index (χ2v) is 5.27. The number of nitrogen functional groups attached to an aromatic ring is 1. The van der Waals surface area contributed by atoms with Gasteiger partial charge >= 0.3 is 23.6 Å².